The third-order valence-electron chi connectivity index (χ3n) is 2.75. The van der Waals surface area contributed by atoms with Crippen LogP contribution in [0.1, 0.15) is 5.69 Å². The van der Waals surface area contributed by atoms with E-state index in [4.69, 9.17) is 16.3 Å². The number of morpholine rings is 1. The van der Waals surface area contributed by atoms with Gasteiger partial charge in [0.1, 0.15) is 5.15 Å². The predicted octanol–water partition coefficient (Wildman–Crippen LogP) is 2.46. The van der Waals surface area contributed by atoms with Gasteiger partial charge in [0.25, 0.3) is 0 Å². The highest BCUT2D eigenvalue weighted by Crippen LogP contribution is 2.23. The molecule has 3 rings (SSSR count). The summed E-state index contributed by atoms with van der Waals surface area (Å²) in [6.45, 7) is 4.35. The molecule has 0 atom stereocenters. The van der Waals surface area contributed by atoms with Crippen molar-refractivity contribution in [2.45, 2.75) is 6.54 Å². The van der Waals surface area contributed by atoms with Crippen LogP contribution in [0.15, 0.2) is 11.6 Å². The molecule has 7 heteroatoms. The SMILES string of the molecule is Br.Clc1c(CN2CCOCC2)nc2sccn12. The molecule has 2 aromatic rings. The smallest absolute Gasteiger partial charge is 0.195 e. The second-order valence-electron chi connectivity index (χ2n) is 3.79. The summed E-state index contributed by atoms with van der Waals surface area (Å²) in [4.78, 5) is 7.82. The van der Waals surface area contributed by atoms with Crippen molar-refractivity contribution >= 4 is 44.9 Å². The number of aromatic nitrogens is 2. The van der Waals surface area contributed by atoms with Crippen LogP contribution in [0.2, 0.25) is 5.15 Å². The highest BCUT2D eigenvalue weighted by atomic mass is 79.9. The Balaban J connectivity index is 0.00000108. The molecule has 0 bridgehead atoms. The first-order chi connectivity index (χ1) is 7.84. The van der Waals surface area contributed by atoms with Crippen LogP contribution in [0.25, 0.3) is 4.96 Å². The zero-order chi connectivity index (χ0) is 11.0. The Morgan fingerprint density at radius 1 is 1.41 bits per heavy atom. The van der Waals surface area contributed by atoms with Crippen LogP contribution >= 0.6 is 39.9 Å². The molecular formula is C10H13BrClN3OS. The average molecular weight is 339 g/mol. The van der Waals surface area contributed by atoms with Crippen molar-refractivity contribution in [1.29, 1.82) is 0 Å². The Bertz CT molecular complexity index is 495. The number of hydrogen-bond donors (Lipinski definition) is 0. The van der Waals surface area contributed by atoms with Gasteiger partial charge < -0.3 is 4.74 Å². The van der Waals surface area contributed by atoms with E-state index >= 15 is 0 Å². The van der Waals surface area contributed by atoms with Gasteiger partial charge in [0.15, 0.2) is 4.96 Å². The topological polar surface area (TPSA) is 29.8 Å². The van der Waals surface area contributed by atoms with Crippen molar-refractivity contribution in [3.63, 3.8) is 0 Å². The Kier molecular flexibility index (Phi) is 4.43. The minimum atomic E-state index is 0. The zero-order valence-electron chi connectivity index (χ0n) is 9.13. The van der Waals surface area contributed by atoms with Crippen molar-refractivity contribution in [3.8, 4) is 0 Å². The van der Waals surface area contributed by atoms with Crippen molar-refractivity contribution < 1.29 is 4.74 Å². The van der Waals surface area contributed by atoms with E-state index in [0.717, 1.165) is 48.7 Å². The summed E-state index contributed by atoms with van der Waals surface area (Å²) < 4.78 is 7.25. The fourth-order valence-corrected chi connectivity index (χ4v) is 2.90. The molecule has 3 heterocycles. The number of rotatable bonds is 2. The minimum Gasteiger partial charge on any atom is -0.379 e. The molecule has 0 saturated carbocycles. The molecular weight excluding hydrogens is 326 g/mol. The van der Waals surface area contributed by atoms with Gasteiger partial charge >= 0.3 is 0 Å². The number of ether oxygens (including phenoxy) is 1. The van der Waals surface area contributed by atoms with Gasteiger partial charge in [-0.3, -0.25) is 9.30 Å². The van der Waals surface area contributed by atoms with E-state index < -0.39 is 0 Å². The molecule has 1 fully saturated rings. The van der Waals surface area contributed by atoms with Crippen LogP contribution in [0, 0.1) is 0 Å². The molecule has 2 aromatic heterocycles. The first-order valence-electron chi connectivity index (χ1n) is 5.24. The van der Waals surface area contributed by atoms with Gasteiger partial charge in [0.2, 0.25) is 0 Å². The third-order valence-corrected chi connectivity index (χ3v) is 3.90. The molecule has 0 unspecified atom stereocenters. The van der Waals surface area contributed by atoms with Crippen molar-refractivity contribution in [1.82, 2.24) is 14.3 Å². The molecule has 17 heavy (non-hydrogen) atoms. The Morgan fingerprint density at radius 3 is 2.88 bits per heavy atom. The number of thiazole rings is 1. The lowest BCUT2D eigenvalue weighted by Gasteiger charge is -2.25. The second-order valence-corrected chi connectivity index (χ2v) is 5.02. The lowest BCUT2D eigenvalue weighted by Crippen LogP contribution is -2.35. The zero-order valence-corrected chi connectivity index (χ0v) is 12.4. The Hall–Kier alpha value is -0.140. The molecule has 94 valence electrons. The molecule has 0 aliphatic carbocycles. The molecule has 0 spiro atoms. The quantitative estimate of drug-likeness (QED) is 0.842. The fraction of sp³-hybridized carbons (Fsp3) is 0.500. The number of fused-ring (bicyclic) bond motifs is 1. The first-order valence-corrected chi connectivity index (χ1v) is 6.50. The van der Waals surface area contributed by atoms with E-state index in [9.17, 15) is 0 Å². The van der Waals surface area contributed by atoms with E-state index in [1.165, 1.54) is 0 Å². The molecule has 0 aromatic carbocycles. The normalized spacial score (nSPS) is 17.2. The minimum absolute atomic E-state index is 0. The maximum absolute atomic E-state index is 6.27. The van der Waals surface area contributed by atoms with Crippen LogP contribution in [0.5, 0.6) is 0 Å². The first kappa shape index (κ1) is 13.3. The van der Waals surface area contributed by atoms with Crippen LogP contribution in [0.3, 0.4) is 0 Å². The van der Waals surface area contributed by atoms with E-state index in [1.807, 2.05) is 16.0 Å². The molecule has 1 saturated heterocycles. The summed E-state index contributed by atoms with van der Waals surface area (Å²) in [5.41, 5.74) is 0.968. The Labute approximate surface area is 119 Å². The van der Waals surface area contributed by atoms with E-state index in [1.54, 1.807) is 11.3 Å². The standard InChI is InChI=1S/C10H12ClN3OS.BrH/c11-9-8(7-13-1-4-15-5-2-13)12-10-14(9)3-6-16-10;/h3,6H,1-2,4-5,7H2;1H. The summed E-state index contributed by atoms with van der Waals surface area (Å²) in [6, 6.07) is 0. The summed E-state index contributed by atoms with van der Waals surface area (Å²) in [6.07, 6.45) is 1.96. The van der Waals surface area contributed by atoms with Gasteiger partial charge in [-0.05, 0) is 0 Å². The van der Waals surface area contributed by atoms with Gasteiger partial charge in [0, 0.05) is 31.2 Å². The molecule has 0 amide bonds. The van der Waals surface area contributed by atoms with Crippen molar-refractivity contribution in [2.24, 2.45) is 0 Å². The molecule has 1 aliphatic rings. The monoisotopic (exact) mass is 337 g/mol. The summed E-state index contributed by atoms with van der Waals surface area (Å²) >= 11 is 7.88. The average Bonchev–Trinajstić information content (AvgIpc) is 2.86. The van der Waals surface area contributed by atoms with Crippen LogP contribution in [0.4, 0.5) is 0 Å². The maximum Gasteiger partial charge on any atom is 0.195 e. The summed E-state index contributed by atoms with van der Waals surface area (Å²) in [5.74, 6) is 0. The largest absolute Gasteiger partial charge is 0.379 e. The van der Waals surface area contributed by atoms with E-state index in [2.05, 4.69) is 9.88 Å². The van der Waals surface area contributed by atoms with Gasteiger partial charge in [-0.1, -0.05) is 11.6 Å². The molecule has 4 nitrogen and oxygen atoms in total. The summed E-state index contributed by atoms with van der Waals surface area (Å²) in [5, 5.41) is 2.73. The number of imidazole rings is 1. The van der Waals surface area contributed by atoms with Gasteiger partial charge in [-0.15, -0.1) is 28.3 Å². The number of halogens is 2. The van der Waals surface area contributed by atoms with Crippen LogP contribution in [-0.2, 0) is 11.3 Å². The lowest BCUT2D eigenvalue weighted by atomic mass is 10.3. The van der Waals surface area contributed by atoms with Gasteiger partial charge in [-0.25, -0.2) is 4.98 Å². The van der Waals surface area contributed by atoms with Gasteiger partial charge in [-0.2, -0.15) is 0 Å². The third kappa shape index (κ3) is 2.66. The lowest BCUT2D eigenvalue weighted by molar-refractivity contribution is 0.0337. The fourth-order valence-electron chi connectivity index (χ4n) is 1.87. The maximum atomic E-state index is 6.27. The second kappa shape index (κ2) is 5.67. The number of hydrogen-bond acceptors (Lipinski definition) is 4. The molecule has 0 radical (unpaired) electrons. The van der Waals surface area contributed by atoms with Gasteiger partial charge in [0.05, 0.1) is 18.9 Å². The highest BCUT2D eigenvalue weighted by molar-refractivity contribution is 8.93. The van der Waals surface area contributed by atoms with Crippen LogP contribution in [-0.4, -0.2) is 40.6 Å². The predicted molar refractivity (Wildman–Crippen MR) is 74.5 cm³/mol. The summed E-state index contributed by atoms with van der Waals surface area (Å²) in [7, 11) is 0. The molecule has 1 aliphatic heterocycles. The van der Waals surface area contributed by atoms with Crippen molar-refractivity contribution in [3.05, 3.63) is 22.4 Å². The van der Waals surface area contributed by atoms with E-state index in [0.29, 0.717) is 0 Å². The molecule has 0 N–H and O–H groups in total. The van der Waals surface area contributed by atoms with Crippen molar-refractivity contribution in [2.75, 3.05) is 26.3 Å². The van der Waals surface area contributed by atoms with E-state index in [-0.39, 0.29) is 17.0 Å². The Morgan fingerprint density at radius 2 is 2.18 bits per heavy atom. The van der Waals surface area contributed by atoms with Crippen LogP contribution < -0.4 is 0 Å². The highest BCUT2D eigenvalue weighted by Gasteiger charge is 2.16. The number of nitrogens with zero attached hydrogens (tertiary/aromatic N) is 3.